The molecule has 2 rings (SSSR count). The SMILES string of the molecule is CC(NC(=O)NCCCF)c1ccccc1N1CCOCC1. The third-order valence-electron chi connectivity index (χ3n) is 3.70. The van der Waals surface area contributed by atoms with Crippen LogP contribution in [0.4, 0.5) is 14.9 Å². The highest BCUT2D eigenvalue weighted by Gasteiger charge is 2.18. The molecule has 1 aliphatic rings. The Balaban J connectivity index is 1.99. The van der Waals surface area contributed by atoms with Crippen molar-refractivity contribution in [3.8, 4) is 0 Å². The standard InChI is InChI=1S/C16H24FN3O2/c1-13(19-16(21)18-8-4-7-17)14-5-2-3-6-15(14)20-9-11-22-12-10-20/h2-3,5-6,13H,4,7-12H2,1H3,(H2,18,19,21). The summed E-state index contributed by atoms with van der Waals surface area (Å²) in [6, 6.07) is 7.68. The molecule has 1 atom stereocenters. The van der Waals surface area contributed by atoms with Crippen molar-refractivity contribution in [1.82, 2.24) is 10.6 Å². The van der Waals surface area contributed by atoms with Gasteiger partial charge in [0.1, 0.15) is 0 Å². The first-order chi connectivity index (χ1) is 10.7. The van der Waals surface area contributed by atoms with E-state index >= 15 is 0 Å². The highest BCUT2D eigenvalue weighted by Crippen LogP contribution is 2.26. The molecule has 1 fully saturated rings. The maximum atomic E-state index is 12.0. The summed E-state index contributed by atoms with van der Waals surface area (Å²) in [6.07, 6.45) is 0.339. The van der Waals surface area contributed by atoms with Crippen LogP contribution in [0, 0.1) is 0 Å². The maximum Gasteiger partial charge on any atom is 0.315 e. The molecule has 1 aromatic rings. The molecule has 1 heterocycles. The van der Waals surface area contributed by atoms with Crippen LogP contribution in [0.5, 0.6) is 0 Å². The van der Waals surface area contributed by atoms with Crippen LogP contribution in [0.1, 0.15) is 24.9 Å². The molecular formula is C16H24FN3O2. The van der Waals surface area contributed by atoms with Gasteiger partial charge in [-0.3, -0.25) is 4.39 Å². The molecule has 5 nitrogen and oxygen atoms in total. The highest BCUT2D eigenvalue weighted by atomic mass is 19.1. The summed E-state index contributed by atoms with van der Waals surface area (Å²) in [6.45, 7) is 5.03. The summed E-state index contributed by atoms with van der Waals surface area (Å²) in [7, 11) is 0. The fourth-order valence-electron chi connectivity index (χ4n) is 2.54. The van der Waals surface area contributed by atoms with E-state index in [4.69, 9.17) is 4.74 Å². The molecule has 0 spiro atoms. The maximum absolute atomic E-state index is 12.0. The lowest BCUT2D eigenvalue weighted by atomic mass is 10.0. The molecule has 1 aliphatic heterocycles. The quantitative estimate of drug-likeness (QED) is 0.793. The van der Waals surface area contributed by atoms with Crippen molar-refractivity contribution in [3.05, 3.63) is 29.8 Å². The molecule has 0 radical (unpaired) electrons. The molecule has 22 heavy (non-hydrogen) atoms. The number of carbonyl (C=O) groups is 1. The second kappa shape index (κ2) is 8.58. The van der Waals surface area contributed by atoms with Gasteiger partial charge in [0.15, 0.2) is 0 Å². The largest absolute Gasteiger partial charge is 0.378 e. The number of halogens is 1. The van der Waals surface area contributed by atoms with Crippen LogP contribution in [-0.2, 0) is 4.74 Å². The summed E-state index contributed by atoms with van der Waals surface area (Å²) in [4.78, 5) is 14.1. The third-order valence-corrected chi connectivity index (χ3v) is 3.70. The Morgan fingerprint density at radius 2 is 2.09 bits per heavy atom. The van der Waals surface area contributed by atoms with Gasteiger partial charge in [-0.15, -0.1) is 0 Å². The van der Waals surface area contributed by atoms with Gasteiger partial charge in [-0.2, -0.15) is 0 Å². The van der Waals surface area contributed by atoms with Crippen molar-refractivity contribution in [2.75, 3.05) is 44.4 Å². The van der Waals surface area contributed by atoms with E-state index in [-0.39, 0.29) is 12.1 Å². The fourth-order valence-corrected chi connectivity index (χ4v) is 2.54. The van der Waals surface area contributed by atoms with Crippen LogP contribution in [0.25, 0.3) is 0 Å². The van der Waals surface area contributed by atoms with Crippen molar-refractivity contribution in [1.29, 1.82) is 0 Å². The van der Waals surface area contributed by atoms with Crippen molar-refractivity contribution < 1.29 is 13.9 Å². The molecule has 0 bridgehead atoms. The monoisotopic (exact) mass is 309 g/mol. The van der Waals surface area contributed by atoms with E-state index in [0.717, 1.165) is 37.6 Å². The lowest BCUT2D eigenvalue weighted by molar-refractivity contribution is 0.122. The number of carbonyl (C=O) groups excluding carboxylic acids is 1. The molecular weight excluding hydrogens is 285 g/mol. The minimum atomic E-state index is -0.421. The number of morpholine rings is 1. The van der Waals surface area contributed by atoms with Crippen molar-refractivity contribution in [3.63, 3.8) is 0 Å². The van der Waals surface area contributed by atoms with Crippen LogP contribution >= 0.6 is 0 Å². The summed E-state index contributed by atoms with van der Waals surface area (Å²) in [5.41, 5.74) is 2.20. The number of para-hydroxylation sites is 1. The molecule has 1 saturated heterocycles. The summed E-state index contributed by atoms with van der Waals surface area (Å²) >= 11 is 0. The molecule has 2 N–H and O–H groups in total. The molecule has 6 heteroatoms. The van der Waals surface area contributed by atoms with Gasteiger partial charge in [-0.05, 0) is 25.0 Å². The number of anilines is 1. The number of amides is 2. The van der Waals surface area contributed by atoms with E-state index < -0.39 is 6.67 Å². The Morgan fingerprint density at radius 1 is 1.36 bits per heavy atom. The van der Waals surface area contributed by atoms with Crippen LogP contribution in [-0.4, -0.2) is 45.6 Å². The van der Waals surface area contributed by atoms with E-state index in [1.165, 1.54) is 0 Å². The normalized spacial score (nSPS) is 16.2. The average Bonchev–Trinajstić information content (AvgIpc) is 2.56. The summed E-state index contributed by atoms with van der Waals surface area (Å²) in [5.74, 6) is 0. The van der Waals surface area contributed by atoms with E-state index in [1.54, 1.807) is 0 Å². The van der Waals surface area contributed by atoms with Gasteiger partial charge in [0, 0.05) is 25.3 Å². The second-order valence-corrected chi connectivity index (χ2v) is 5.32. The molecule has 1 aromatic carbocycles. The van der Waals surface area contributed by atoms with Gasteiger partial charge in [0.2, 0.25) is 0 Å². The zero-order valence-electron chi connectivity index (χ0n) is 13.0. The molecule has 122 valence electrons. The second-order valence-electron chi connectivity index (χ2n) is 5.32. The Hall–Kier alpha value is -1.82. The summed E-state index contributed by atoms with van der Waals surface area (Å²) < 4.78 is 17.4. The number of rotatable bonds is 6. The van der Waals surface area contributed by atoms with Crippen molar-refractivity contribution in [2.45, 2.75) is 19.4 Å². The third kappa shape index (κ3) is 4.59. The molecule has 0 saturated carbocycles. The average molecular weight is 309 g/mol. The Kier molecular flexibility index (Phi) is 6.45. The van der Waals surface area contributed by atoms with E-state index in [0.29, 0.717) is 13.0 Å². The number of nitrogens with zero attached hydrogens (tertiary/aromatic N) is 1. The zero-order chi connectivity index (χ0) is 15.8. The van der Waals surface area contributed by atoms with Gasteiger partial charge < -0.3 is 20.3 Å². The van der Waals surface area contributed by atoms with Gasteiger partial charge in [0.05, 0.1) is 25.9 Å². The number of ether oxygens (including phenoxy) is 1. The fraction of sp³-hybridized carbons (Fsp3) is 0.562. The van der Waals surface area contributed by atoms with Crippen LogP contribution in [0.15, 0.2) is 24.3 Å². The first kappa shape index (κ1) is 16.5. The van der Waals surface area contributed by atoms with Crippen LogP contribution in [0.3, 0.4) is 0 Å². The van der Waals surface area contributed by atoms with Gasteiger partial charge in [0.25, 0.3) is 0 Å². The van der Waals surface area contributed by atoms with E-state index in [9.17, 15) is 9.18 Å². The predicted molar refractivity (Wildman–Crippen MR) is 85.0 cm³/mol. The molecule has 2 amide bonds. The number of hydrogen-bond donors (Lipinski definition) is 2. The minimum Gasteiger partial charge on any atom is -0.378 e. The number of urea groups is 1. The van der Waals surface area contributed by atoms with Gasteiger partial charge in [-0.1, -0.05) is 18.2 Å². The van der Waals surface area contributed by atoms with Crippen molar-refractivity contribution in [2.24, 2.45) is 0 Å². The topological polar surface area (TPSA) is 53.6 Å². The van der Waals surface area contributed by atoms with E-state index in [2.05, 4.69) is 21.6 Å². The van der Waals surface area contributed by atoms with Crippen LogP contribution in [0.2, 0.25) is 0 Å². The Bertz CT molecular complexity index is 478. The van der Waals surface area contributed by atoms with Crippen molar-refractivity contribution >= 4 is 11.7 Å². The highest BCUT2D eigenvalue weighted by molar-refractivity contribution is 5.74. The van der Waals surface area contributed by atoms with Crippen LogP contribution < -0.4 is 15.5 Å². The Labute approximate surface area is 130 Å². The summed E-state index contributed by atoms with van der Waals surface area (Å²) in [5, 5.41) is 5.56. The minimum absolute atomic E-state index is 0.121. The number of alkyl halides is 1. The predicted octanol–water partition coefficient (Wildman–Crippen LogP) is 2.24. The Morgan fingerprint density at radius 3 is 2.82 bits per heavy atom. The first-order valence-electron chi connectivity index (χ1n) is 7.74. The van der Waals surface area contributed by atoms with Gasteiger partial charge >= 0.3 is 6.03 Å². The molecule has 1 unspecified atom stereocenters. The number of hydrogen-bond acceptors (Lipinski definition) is 3. The lowest BCUT2D eigenvalue weighted by Crippen LogP contribution is -2.40. The first-order valence-corrected chi connectivity index (χ1v) is 7.74. The zero-order valence-corrected chi connectivity index (χ0v) is 13.0. The lowest BCUT2D eigenvalue weighted by Gasteiger charge is -2.32. The molecule has 0 aromatic heterocycles. The van der Waals surface area contributed by atoms with E-state index in [1.807, 2.05) is 25.1 Å². The smallest absolute Gasteiger partial charge is 0.315 e. The van der Waals surface area contributed by atoms with Gasteiger partial charge in [-0.25, -0.2) is 4.79 Å². The number of benzene rings is 1. The number of nitrogens with one attached hydrogen (secondary N) is 2. The molecule has 0 aliphatic carbocycles.